The van der Waals surface area contributed by atoms with Gasteiger partial charge in [-0.2, -0.15) is 0 Å². The van der Waals surface area contributed by atoms with Crippen molar-refractivity contribution in [3.63, 3.8) is 0 Å². The van der Waals surface area contributed by atoms with Crippen molar-refractivity contribution in [2.24, 2.45) is 5.92 Å². The molecule has 1 aromatic rings. The number of hydrogen-bond acceptors (Lipinski definition) is 6. The highest BCUT2D eigenvalue weighted by Crippen LogP contribution is 2.34. The fraction of sp³-hybridized carbons (Fsp3) is 0.611. The number of hydrogen-bond donors (Lipinski definition) is 2. The van der Waals surface area contributed by atoms with Crippen molar-refractivity contribution < 1.29 is 28.8 Å². The molecule has 1 aliphatic rings. The topological polar surface area (TPSA) is 86.1 Å². The molecule has 1 saturated heterocycles. The quantitative estimate of drug-likeness (QED) is 0.723. The smallest absolute Gasteiger partial charge is 0.348 e. The van der Waals surface area contributed by atoms with Gasteiger partial charge >= 0.3 is 11.9 Å². The summed E-state index contributed by atoms with van der Waals surface area (Å²) in [6.07, 6.45) is 2.22. The van der Waals surface area contributed by atoms with E-state index in [0.717, 1.165) is 37.3 Å². The molecule has 1 aromatic heterocycles. The number of carbonyl (C=O) groups excluding carboxylic acids is 3. The molecule has 1 aliphatic heterocycles. The molecule has 0 bridgehead atoms. The lowest BCUT2D eigenvalue weighted by Crippen LogP contribution is -3.14. The maximum Gasteiger partial charge on any atom is 0.348 e. The molecule has 8 heteroatoms. The van der Waals surface area contributed by atoms with Gasteiger partial charge in [0.15, 0.2) is 6.54 Å². The molecule has 7 nitrogen and oxygen atoms in total. The van der Waals surface area contributed by atoms with E-state index in [0.29, 0.717) is 27.9 Å². The zero-order chi connectivity index (χ0) is 19.3. The Bertz CT molecular complexity index is 677. The van der Waals surface area contributed by atoms with E-state index in [2.05, 4.69) is 12.2 Å². The normalized spacial score (nSPS) is 19.7. The van der Waals surface area contributed by atoms with Gasteiger partial charge in [0.1, 0.15) is 9.88 Å². The SMILES string of the molecule is CCOC(=O)c1sc(NC(=O)C[NH+]2CCC(C)CC2)c(C(=O)OC)c1C. The third-order valence-corrected chi connectivity index (χ3v) is 5.83. The second-order valence-corrected chi connectivity index (χ2v) is 7.65. The van der Waals surface area contributed by atoms with Gasteiger partial charge in [0.25, 0.3) is 5.91 Å². The van der Waals surface area contributed by atoms with Gasteiger partial charge in [-0.15, -0.1) is 11.3 Å². The van der Waals surface area contributed by atoms with Crippen LogP contribution in [0.3, 0.4) is 0 Å². The minimum absolute atomic E-state index is 0.170. The van der Waals surface area contributed by atoms with E-state index in [4.69, 9.17) is 9.47 Å². The Morgan fingerprint density at radius 3 is 2.46 bits per heavy atom. The summed E-state index contributed by atoms with van der Waals surface area (Å²) in [4.78, 5) is 38.2. The number of nitrogens with one attached hydrogen (secondary N) is 2. The van der Waals surface area contributed by atoms with Crippen LogP contribution in [-0.2, 0) is 14.3 Å². The number of thiophene rings is 1. The monoisotopic (exact) mass is 383 g/mol. The minimum Gasteiger partial charge on any atom is -0.465 e. The highest BCUT2D eigenvalue weighted by molar-refractivity contribution is 7.18. The standard InChI is InChI=1S/C18H26N2O5S/c1-5-25-18(23)15-12(3)14(17(22)24-4)16(26-15)19-13(21)10-20-8-6-11(2)7-9-20/h11H,5-10H2,1-4H3,(H,19,21)/p+1. The summed E-state index contributed by atoms with van der Waals surface area (Å²) in [5.74, 6) is -0.545. The molecule has 2 N–H and O–H groups in total. The van der Waals surface area contributed by atoms with E-state index >= 15 is 0 Å². The number of anilines is 1. The molecule has 0 radical (unpaired) electrons. The van der Waals surface area contributed by atoms with Crippen molar-refractivity contribution in [2.75, 3.05) is 38.7 Å². The lowest BCUT2D eigenvalue weighted by atomic mass is 9.99. The van der Waals surface area contributed by atoms with Crippen molar-refractivity contribution in [1.82, 2.24) is 0 Å². The van der Waals surface area contributed by atoms with E-state index in [1.54, 1.807) is 13.8 Å². The van der Waals surface area contributed by atoms with Crippen LogP contribution in [0.25, 0.3) is 0 Å². The average molecular weight is 383 g/mol. The number of carbonyl (C=O) groups is 3. The number of methoxy groups -OCH3 is 1. The van der Waals surface area contributed by atoms with Crippen molar-refractivity contribution in [1.29, 1.82) is 0 Å². The second kappa shape index (κ2) is 9.14. The highest BCUT2D eigenvalue weighted by Gasteiger charge is 2.28. The number of ether oxygens (including phenoxy) is 2. The maximum atomic E-state index is 12.4. The van der Waals surface area contributed by atoms with Crippen LogP contribution < -0.4 is 10.2 Å². The largest absolute Gasteiger partial charge is 0.465 e. The summed E-state index contributed by atoms with van der Waals surface area (Å²) < 4.78 is 9.84. The number of amides is 1. The molecule has 1 fully saturated rings. The third kappa shape index (κ3) is 4.82. The van der Waals surface area contributed by atoms with Gasteiger partial charge in [-0.1, -0.05) is 6.92 Å². The number of rotatable bonds is 6. The molecule has 1 amide bonds. The Morgan fingerprint density at radius 2 is 1.88 bits per heavy atom. The van der Waals surface area contributed by atoms with Crippen LogP contribution in [0.5, 0.6) is 0 Å². The Morgan fingerprint density at radius 1 is 1.23 bits per heavy atom. The highest BCUT2D eigenvalue weighted by atomic mass is 32.1. The Hall–Kier alpha value is -1.93. The van der Waals surface area contributed by atoms with Crippen molar-refractivity contribution in [3.8, 4) is 0 Å². The Kier molecular flexibility index (Phi) is 7.16. The summed E-state index contributed by atoms with van der Waals surface area (Å²) in [6, 6.07) is 0. The molecular formula is C18H27N2O5S+. The van der Waals surface area contributed by atoms with Crippen LogP contribution in [0.1, 0.15) is 52.3 Å². The van der Waals surface area contributed by atoms with E-state index in [1.807, 2.05) is 0 Å². The first kappa shape index (κ1) is 20.4. The van der Waals surface area contributed by atoms with Crippen LogP contribution in [0.2, 0.25) is 0 Å². The van der Waals surface area contributed by atoms with Crippen LogP contribution >= 0.6 is 11.3 Å². The predicted molar refractivity (Wildman–Crippen MR) is 98.9 cm³/mol. The number of quaternary nitrogens is 1. The van der Waals surface area contributed by atoms with Gasteiger partial charge in [0, 0.05) is 0 Å². The first-order valence-corrected chi connectivity index (χ1v) is 9.71. The summed E-state index contributed by atoms with van der Waals surface area (Å²) >= 11 is 1.05. The summed E-state index contributed by atoms with van der Waals surface area (Å²) in [5, 5.41) is 3.13. The number of esters is 2. The molecule has 0 aliphatic carbocycles. The maximum absolute atomic E-state index is 12.4. The van der Waals surface area contributed by atoms with Gasteiger partial charge in [0.05, 0.1) is 32.4 Å². The number of piperidine rings is 1. The van der Waals surface area contributed by atoms with Crippen LogP contribution in [0.15, 0.2) is 0 Å². The fourth-order valence-electron chi connectivity index (χ4n) is 3.09. The molecule has 2 rings (SSSR count). The lowest BCUT2D eigenvalue weighted by Gasteiger charge is -2.26. The van der Waals surface area contributed by atoms with Gasteiger partial charge in [0.2, 0.25) is 0 Å². The second-order valence-electron chi connectivity index (χ2n) is 6.63. The lowest BCUT2D eigenvalue weighted by molar-refractivity contribution is -0.897. The first-order chi connectivity index (χ1) is 12.4. The minimum atomic E-state index is -0.580. The average Bonchev–Trinajstić information content (AvgIpc) is 2.92. The number of likely N-dealkylation sites (tertiary alicyclic amines) is 1. The molecule has 144 valence electrons. The summed E-state index contributed by atoms with van der Waals surface area (Å²) in [5.41, 5.74) is 0.686. The van der Waals surface area contributed by atoms with Gasteiger partial charge in [-0.05, 0) is 38.2 Å². The van der Waals surface area contributed by atoms with Crippen LogP contribution in [0, 0.1) is 12.8 Å². The Balaban J connectivity index is 2.16. The van der Waals surface area contributed by atoms with Crippen LogP contribution in [0.4, 0.5) is 5.00 Å². The third-order valence-electron chi connectivity index (χ3n) is 4.64. The van der Waals surface area contributed by atoms with Gasteiger partial charge in [-0.3, -0.25) is 4.79 Å². The predicted octanol–water partition coefficient (Wildman–Crippen LogP) is 1.27. The fourth-order valence-corrected chi connectivity index (χ4v) is 4.19. The molecule has 0 aromatic carbocycles. The molecule has 2 heterocycles. The molecule has 26 heavy (non-hydrogen) atoms. The van der Waals surface area contributed by atoms with Crippen molar-refractivity contribution in [3.05, 3.63) is 16.0 Å². The first-order valence-electron chi connectivity index (χ1n) is 8.89. The molecular weight excluding hydrogens is 356 g/mol. The Labute approximate surface area is 157 Å². The molecule has 0 spiro atoms. The van der Waals surface area contributed by atoms with E-state index in [1.165, 1.54) is 12.0 Å². The van der Waals surface area contributed by atoms with E-state index < -0.39 is 11.9 Å². The van der Waals surface area contributed by atoms with Gasteiger partial charge in [-0.25, -0.2) is 9.59 Å². The summed E-state index contributed by atoms with van der Waals surface area (Å²) in [6.45, 7) is 8.12. The zero-order valence-corrected chi connectivity index (χ0v) is 16.6. The molecule has 0 atom stereocenters. The zero-order valence-electron chi connectivity index (χ0n) is 15.8. The van der Waals surface area contributed by atoms with Gasteiger partial charge < -0.3 is 19.7 Å². The molecule has 0 unspecified atom stereocenters. The van der Waals surface area contributed by atoms with E-state index in [-0.39, 0.29) is 18.1 Å². The van der Waals surface area contributed by atoms with Crippen LogP contribution in [-0.4, -0.2) is 51.2 Å². The van der Waals surface area contributed by atoms with Crippen molar-refractivity contribution in [2.45, 2.75) is 33.6 Å². The molecule has 0 saturated carbocycles. The van der Waals surface area contributed by atoms with Crippen molar-refractivity contribution >= 4 is 34.2 Å². The van der Waals surface area contributed by atoms with E-state index in [9.17, 15) is 14.4 Å². The summed E-state index contributed by atoms with van der Waals surface area (Å²) in [7, 11) is 1.27.